The van der Waals surface area contributed by atoms with Crippen LogP contribution in [0.25, 0.3) is 0 Å². The maximum atomic E-state index is 11.7. The maximum Gasteiger partial charge on any atom is 0.159 e. The number of nitrogens with two attached hydrogens (primary N) is 1. The standard InChI is InChI=1S/C19H23NO.ClH/c1-11(21)12-3-4-13-14(5-12)16-7-18(20)8-17(2)6-15(13)19(16,9-17)10-18;/h3-5,15-16H,6-10,20H2,1-2H3;1H. The van der Waals surface area contributed by atoms with Crippen molar-refractivity contribution in [1.82, 2.24) is 0 Å². The van der Waals surface area contributed by atoms with E-state index >= 15 is 0 Å². The van der Waals surface area contributed by atoms with Crippen LogP contribution in [0.4, 0.5) is 0 Å². The summed E-state index contributed by atoms with van der Waals surface area (Å²) in [6.45, 7) is 4.13. The molecule has 3 saturated carbocycles. The van der Waals surface area contributed by atoms with Crippen molar-refractivity contribution < 1.29 is 4.79 Å². The number of Topliss-reactive ketones (excluding diaryl/α,β-unsaturated/α-hetero) is 1. The van der Waals surface area contributed by atoms with E-state index < -0.39 is 0 Å². The number of hydrogen-bond donors (Lipinski definition) is 1. The highest BCUT2D eigenvalue weighted by Crippen LogP contribution is 2.79. The molecule has 0 aliphatic heterocycles. The fraction of sp³-hybridized carbons (Fsp3) is 0.632. The molecule has 2 nitrogen and oxygen atoms in total. The van der Waals surface area contributed by atoms with Crippen LogP contribution < -0.4 is 5.73 Å². The van der Waals surface area contributed by atoms with Crippen molar-refractivity contribution in [3.8, 4) is 0 Å². The number of benzene rings is 1. The summed E-state index contributed by atoms with van der Waals surface area (Å²) >= 11 is 0. The number of hydrogen-bond acceptors (Lipinski definition) is 2. The molecule has 4 aliphatic rings. The zero-order valence-electron chi connectivity index (χ0n) is 13.3. The second-order valence-corrected chi connectivity index (χ2v) is 8.85. The number of ketones is 1. The molecule has 2 N–H and O–H groups in total. The van der Waals surface area contributed by atoms with Gasteiger partial charge in [-0.3, -0.25) is 4.79 Å². The monoisotopic (exact) mass is 317 g/mol. The fourth-order valence-electron chi connectivity index (χ4n) is 7.07. The van der Waals surface area contributed by atoms with Gasteiger partial charge < -0.3 is 5.73 Å². The summed E-state index contributed by atoms with van der Waals surface area (Å²) in [7, 11) is 0. The Kier molecular flexibility index (Phi) is 2.65. The Morgan fingerprint density at radius 2 is 1.86 bits per heavy atom. The van der Waals surface area contributed by atoms with E-state index in [9.17, 15) is 4.79 Å². The van der Waals surface area contributed by atoms with Crippen LogP contribution in [0, 0.1) is 10.8 Å². The lowest BCUT2D eigenvalue weighted by Crippen LogP contribution is -2.45. The predicted octanol–water partition coefficient (Wildman–Crippen LogP) is 4.17. The molecular formula is C19H24ClNO. The van der Waals surface area contributed by atoms with Crippen molar-refractivity contribution in [3.63, 3.8) is 0 Å². The summed E-state index contributed by atoms with van der Waals surface area (Å²) in [4.78, 5) is 11.7. The van der Waals surface area contributed by atoms with Gasteiger partial charge in [-0.25, -0.2) is 0 Å². The molecule has 3 heteroatoms. The first-order valence-corrected chi connectivity index (χ1v) is 8.28. The predicted molar refractivity (Wildman–Crippen MR) is 89.7 cm³/mol. The van der Waals surface area contributed by atoms with Gasteiger partial charge in [-0.1, -0.05) is 19.1 Å². The summed E-state index contributed by atoms with van der Waals surface area (Å²) in [5.74, 6) is 1.48. The van der Waals surface area contributed by atoms with E-state index in [4.69, 9.17) is 5.73 Å². The molecule has 1 spiro atoms. The van der Waals surface area contributed by atoms with Gasteiger partial charge in [0.2, 0.25) is 0 Å². The van der Waals surface area contributed by atoms with E-state index in [1.54, 1.807) is 6.92 Å². The van der Waals surface area contributed by atoms with Gasteiger partial charge in [-0.15, -0.1) is 12.4 Å². The van der Waals surface area contributed by atoms with Gasteiger partial charge in [0, 0.05) is 11.1 Å². The number of halogens is 1. The summed E-state index contributed by atoms with van der Waals surface area (Å²) < 4.78 is 0. The molecule has 4 aliphatic carbocycles. The van der Waals surface area contributed by atoms with E-state index in [1.807, 2.05) is 6.07 Å². The van der Waals surface area contributed by atoms with E-state index in [2.05, 4.69) is 19.1 Å². The minimum atomic E-state index is 0. The lowest BCUT2D eigenvalue weighted by molar-refractivity contribution is 0.101. The Hall–Kier alpha value is -0.860. The largest absolute Gasteiger partial charge is 0.325 e. The highest BCUT2D eigenvalue weighted by atomic mass is 35.5. The lowest BCUT2D eigenvalue weighted by Gasteiger charge is -2.41. The Bertz CT molecular complexity index is 697. The second kappa shape index (κ2) is 3.96. The number of carbonyl (C=O) groups excluding carboxylic acids is 1. The molecule has 0 amide bonds. The van der Waals surface area contributed by atoms with Crippen molar-refractivity contribution in [2.75, 3.05) is 0 Å². The third-order valence-corrected chi connectivity index (χ3v) is 7.16. The molecule has 1 aromatic rings. The van der Waals surface area contributed by atoms with Crippen LogP contribution in [0.5, 0.6) is 0 Å². The number of fused-ring (bicyclic) bond motifs is 5. The first-order valence-electron chi connectivity index (χ1n) is 8.28. The average molecular weight is 318 g/mol. The van der Waals surface area contributed by atoms with Crippen LogP contribution in [0.15, 0.2) is 18.2 Å². The molecule has 3 bridgehead atoms. The minimum Gasteiger partial charge on any atom is -0.325 e. The minimum absolute atomic E-state index is 0. The highest BCUT2D eigenvalue weighted by molar-refractivity contribution is 5.94. The summed E-state index contributed by atoms with van der Waals surface area (Å²) in [5, 5.41) is 0. The molecule has 0 heterocycles. The van der Waals surface area contributed by atoms with Crippen LogP contribution in [-0.4, -0.2) is 11.3 Å². The van der Waals surface area contributed by atoms with Crippen molar-refractivity contribution in [1.29, 1.82) is 0 Å². The van der Waals surface area contributed by atoms with Crippen molar-refractivity contribution in [3.05, 3.63) is 34.9 Å². The first-order chi connectivity index (χ1) is 9.84. The topological polar surface area (TPSA) is 43.1 Å². The SMILES string of the molecule is CC(=O)c1ccc2c(c1)C1CC3(N)CC4(C)CC2C1(C4)C3.Cl. The molecule has 1 aromatic carbocycles. The fourth-order valence-corrected chi connectivity index (χ4v) is 7.07. The number of carbonyl (C=O) groups is 1. The third-order valence-electron chi connectivity index (χ3n) is 7.16. The summed E-state index contributed by atoms with van der Waals surface area (Å²) in [6, 6.07) is 6.49. The zero-order chi connectivity index (χ0) is 14.6. The Morgan fingerprint density at radius 1 is 1.14 bits per heavy atom. The highest BCUT2D eigenvalue weighted by Gasteiger charge is 2.71. The molecule has 5 atom stereocenters. The molecule has 3 fully saturated rings. The van der Waals surface area contributed by atoms with Crippen LogP contribution in [0.1, 0.15) is 79.3 Å². The number of rotatable bonds is 1. The third kappa shape index (κ3) is 1.53. The van der Waals surface area contributed by atoms with E-state index in [0.717, 1.165) is 12.0 Å². The molecule has 0 radical (unpaired) electrons. The van der Waals surface area contributed by atoms with Gasteiger partial charge in [-0.05, 0) is 78.9 Å². The van der Waals surface area contributed by atoms with E-state index in [0.29, 0.717) is 22.7 Å². The van der Waals surface area contributed by atoms with Gasteiger partial charge >= 0.3 is 0 Å². The molecule has 0 aromatic heterocycles. The van der Waals surface area contributed by atoms with Crippen molar-refractivity contribution in [2.24, 2.45) is 16.6 Å². The quantitative estimate of drug-likeness (QED) is 0.790. The molecule has 0 saturated heterocycles. The van der Waals surface area contributed by atoms with Gasteiger partial charge in [0.15, 0.2) is 5.78 Å². The smallest absolute Gasteiger partial charge is 0.159 e. The van der Waals surface area contributed by atoms with Crippen LogP contribution in [0.3, 0.4) is 0 Å². The molecule has 5 rings (SSSR count). The zero-order valence-corrected chi connectivity index (χ0v) is 14.1. The Balaban J connectivity index is 0.00000125. The second-order valence-electron chi connectivity index (χ2n) is 8.85. The van der Waals surface area contributed by atoms with Gasteiger partial charge in [0.05, 0.1) is 0 Å². The first kappa shape index (κ1) is 14.7. The average Bonchev–Trinajstić information content (AvgIpc) is 2.84. The van der Waals surface area contributed by atoms with Crippen LogP contribution in [0.2, 0.25) is 0 Å². The van der Waals surface area contributed by atoms with Crippen LogP contribution in [-0.2, 0) is 0 Å². The molecule has 5 unspecified atom stereocenters. The van der Waals surface area contributed by atoms with Gasteiger partial charge in [0.1, 0.15) is 0 Å². The lowest BCUT2D eigenvalue weighted by atomic mass is 9.66. The van der Waals surface area contributed by atoms with E-state index in [1.165, 1.54) is 36.8 Å². The van der Waals surface area contributed by atoms with Gasteiger partial charge in [-0.2, -0.15) is 0 Å². The molecule has 118 valence electrons. The van der Waals surface area contributed by atoms with Gasteiger partial charge in [0.25, 0.3) is 0 Å². The molecular weight excluding hydrogens is 294 g/mol. The maximum absolute atomic E-state index is 11.7. The Labute approximate surface area is 138 Å². The van der Waals surface area contributed by atoms with Crippen molar-refractivity contribution >= 4 is 18.2 Å². The molecule has 22 heavy (non-hydrogen) atoms. The summed E-state index contributed by atoms with van der Waals surface area (Å²) in [5.41, 5.74) is 11.6. The van der Waals surface area contributed by atoms with Crippen molar-refractivity contribution in [2.45, 2.75) is 63.3 Å². The van der Waals surface area contributed by atoms with E-state index in [-0.39, 0.29) is 23.7 Å². The van der Waals surface area contributed by atoms with Crippen LogP contribution >= 0.6 is 12.4 Å². The normalized spacial score (nSPS) is 46.3. The Morgan fingerprint density at radius 3 is 2.59 bits per heavy atom. The summed E-state index contributed by atoms with van der Waals surface area (Å²) in [6.07, 6.45) is 6.18.